The van der Waals surface area contributed by atoms with Gasteiger partial charge in [-0.15, -0.1) is 0 Å². The Morgan fingerprint density at radius 3 is 2.77 bits per heavy atom. The number of carbonyl (C=O) groups excluding carboxylic acids is 1. The van der Waals surface area contributed by atoms with E-state index >= 15 is 0 Å². The predicted octanol–water partition coefficient (Wildman–Crippen LogP) is 2.10. The van der Waals surface area contributed by atoms with Gasteiger partial charge in [-0.05, 0) is 12.1 Å². The van der Waals surface area contributed by atoms with E-state index in [1.807, 2.05) is 6.07 Å². The third-order valence-corrected chi connectivity index (χ3v) is 5.70. The van der Waals surface area contributed by atoms with Crippen molar-refractivity contribution in [3.8, 4) is 11.5 Å². The number of H-pyrrole nitrogens is 1. The zero-order valence-corrected chi connectivity index (χ0v) is 16.5. The fourth-order valence-corrected chi connectivity index (χ4v) is 4.27. The Hall–Kier alpha value is -3.66. The molecule has 1 aliphatic rings. The lowest BCUT2D eigenvalue weighted by molar-refractivity contribution is -0.116. The first-order chi connectivity index (χ1) is 14.6. The van der Waals surface area contributed by atoms with Gasteiger partial charge in [-0.25, -0.2) is 9.78 Å². The highest BCUT2D eigenvalue weighted by atomic mass is 32.1. The number of benzene rings is 2. The smallest absolute Gasteiger partial charge is 0.328 e. The molecule has 0 bridgehead atoms. The SMILES string of the molecule is O=C(CCn1c(=O)[nH]c(=O)c2ccccc21)Nc1nc2cc3c(cc2s1)OCCO3. The van der Waals surface area contributed by atoms with Crippen molar-refractivity contribution >= 4 is 43.5 Å². The molecule has 0 spiro atoms. The number of fused-ring (bicyclic) bond motifs is 3. The number of ether oxygens (including phenoxy) is 2. The Morgan fingerprint density at radius 2 is 1.93 bits per heavy atom. The number of aryl methyl sites for hydroxylation is 1. The third kappa shape index (κ3) is 3.30. The van der Waals surface area contributed by atoms with E-state index in [2.05, 4.69) is 15.3 Å². The van der Waals surface area contributed by atoms with Gasteiger partial charge in [0.25, 0.3) is 5.56 Å². The normalized spacial score (nSPS) is 12.9. The fourth-order valence-electron chi connectivity index (χ4n) is 3.38. The first-order valence-corrected chi connectivity index (χ1v) is 10.1. The molecule has 5 rings (SSSR count). The molecule has 10 heteroatoms. The molecule has 0 saturated heterocycles. The van der Waals surface area contributed by atoms with Crippen molar-refractivity contribution in [1.29, 1.82) is 0 Å². The van der Waals surface area contributed by atoms with Crippen molar-refractivity contribution in [2.45, 2.75) is 13.0 Å². The molecule has 9 nitrogen and oxygen atoms in total. The number of amides is 1. The number of rotatable bonds is 4. The van der Waals surface area contributed by atoms with Gasteiger partial charge >= 0.3 is 5.69 Å². The Labute approximate surface area is 172 Å². The highest BCUT2D eigenvalue weighted by Gasteiger charge is 2.16. The van der Waals surface area contributed by atoms with Crippen LogP contribution in [0.3, 0.4) is 0 Å². The zero-order chi connectivity index (χ0) is 20.7. The predicted molar refractivity (Wildman–Crippen MR) is 113 cm³/mol. The van der Waals surface area contributed by atoms with Gasteiger partial charge in [-0.1, -0.05) is 23.5 Å². The number of hydrogen-bond acceptors (Lipinski definition) is 7. The van der Waals surface area contributed by atoms with E-state index in [1.54, 1.807) is 30.3 Å². The molecule has 0 atom stereocenters. The number of thiazole rings is 1. The van der Waals surface area contributed by atoms with Crippen LogP contribution in [0.5, 0.6) is 11.5 Å². The standard InChI is InChI=1S/C20H16N4O5S/c25-17(5-6-24-13-4-2-1-3-11(13)18(26)23-20(24)27)22-19-21-12-9-14-15(10-16(12)30-19)29-8-7-28-14/h1-4,9-10H,5-8H2,(H,21,22,25)(H,23,26,27). The minimum Gasteiger partial charge on any atom is -0.486 e. The summed E-state index contributed by atoms with van der Waals surface area (Å²) in [6, 6.07) is 10.4. The van der Waals surface area contributed by atoms with Crippen LogP contribution in [-0.4, -0.2) is 33.7 Å². The second kappa shape index (κ2) is 7.30. The molecule has 4 aromatic rings. The quantitative estimate of drug-likeness (QED) is 0.518. The molecule has 152 valence electrons. The lowest BCUT2D eigenvalue weighted by Gasteiger charge is -2.17. The van der Waals surface area contributed by atoms with Crippen LogP contribution < -0.4 is 26.0 Å². The van der Waals surface area contributed by atoms with Crippen molar-refractivity contribution in [2.24, 2.45) is 0 Å². The van der Waals surface area contributed by atoms with E-state index < -0.39 is 11.2 Å². The highest BCUT2D eigenvalue weighted by Crippen LogP contribution is 2.37. The van der Waals surface area contributed by atoms with Crippen molar-refractivity contribution in [2.75, 3.05) is 18.5 Å². The molecular formula is C20H16N4O5S. The van der Waals surface area contributed by atoms with E-state index in [4.69, 9.17) is 9.47 Å². The molecule has 1 amide bonds. The van der Waals surface area contributed by atoms with Crippen LogP contribution in [0.15, 0.2) is 46.0 Å². The van der Waals surface area contributed by atoms with Crippen molar-refractivity contribution in [3.63, 3.8) is 0 Å². The summed E-state index contributed by atoms with van der Waals surface area (Å²) < 4.78 is 13.4. The highest BCUT2D eigenvalue weighted by molar-refractivity contribution is 7.22. The first-order valence-electron chi connectivity index (χ1n) is 9.30. The Balaban J connectivity index is 1.34. The zero-order valence-electron chi connectivity index (χ0n) is 15.6. The number of aromatic nitrogens is 3. The summed E-state index contributed by atoms with van der Waals surface area (Å²) in [5.74, 6) is 1.02. The first kappa shape index (κ1) is 18.4. The summed E-state index contributed by atoms with van der Waals surface area (Å²) in [6.07, 6.45) is 0.0502. The summed E-state index contributed by atoms with van der Waals surface area (Å²) in [4.78, 5) is 43.3. The Kier molecular flexibility index (Phi) is 4.47. The lowest BCUT2D eigenvalue weighted by atomic mass is 10.2. The second-order valence-corrected chi connectivity index (χ2v) is 7.74. The van der Waals surface area contributed by atoms with Crippen LogP contribution >= 0.6 is 11.3 Å². The summed E-state index contributed by atoms with van der Waals surface area (Å²) in [5.41, 5.74) is 0.213. The number of para-hydroxylation sites is 1. The maximum absolute atomic E-state index is 12.5. The Morgan fingerprint density at radius 1 is 1.17 bits per heavy atom. The molecular weight excluding hydrogens is 408 g/mol. The topological polar surface area (TPSA) is 115 Å². The van der Waals surface area contributed by atoms with Crippen molar-refractivity contribution in [1.82, 2.24) is 14.5 Å². The molecule has 3 heterocycles. The summed E-state index contributed by atoms with van der Waals surface area (Å²) in [5, 5.41) is 3.63. The van der Waals surface area contributed by atoms with Gasteiger partial charge in [0, 0.05) is 25.1 Å². The van der Waals surface area contributed by atoms with Gasteiger partial charge in [0.1, 0.15) is 13.2 Å². The Bertz CT molecular complexity index is 1360. The van der Waals surface area contributed by atoms with Crippen LogP contribution in [0.1, 0.15) is 6.42 Å². The van der Waals surface area contributed by atoms with Crippen molar-refractivity contribution in [3.05, 3.63) is 57.2 Å². The average molecular weight is 424 g/mol. The van der Waals surface area contributed by atoms with Gasteiger partial charge in [0.05, 0.1) is 21.1 Å². The van der Waals surface area contributed by atoms with E-state index in [0.717, 1.165) is 4.70 Å². The maximum Gasteiger partial charge on any atom is 0.328 e. The second-order valence-electron chi connectivity index (χ2n) is 6.71. The van der Waals surface area contributed by atoms with E-state index in [0.29, 0.717) is 46.3 Å². The molecule has 2 N–H and O–H groups in total. The molecule has 0 radical (unpaired) electrons. The minimum atomic E-state index is -0.544. The summed E-state index contributed by atoms with van der Waals surface area (Å²) >= 11 is 1.33. The average Bonchev–Trinajstić information content (AvgIpc) is 3.12. The number of hydrogen-bond donors (Lipinski definition) is 2. The number of nitrogens with one attached hydrogen (secondary N) is 2. The maximum atomic E-state index is 12.5. The van der Waals surface area contributed by atoms with E-state index in [9.17, 15) is 14.4 Å². The molecule has 0 fully saturated rings. The van der Waals surface area contributed by atoms with Crippen LogP contribution in [0.2, 0.25) is 0 Å². The molecule has 0 aliphatic carbocycles. The molecule has 30 heavy (non-hydrogen) atoms. The monoisotopic (exact) mass is 424 g/mol. The van der Waals surface area contributed by atoms with Crippen molar-refractivity contribution < 1.29 is 14.3 Å². The third-order valence-electron chi connectivity index (χ3n) is 4.77. The number of carbonyl (C=O) groups is 1. The molecule has 0 saturated carbocycles. The molecule has 1 aliphatic heterocycles. The van der Waals surface area contributed by atoms with Gasteiger partial charge in [0.2, 0.25) is 5.91 Å². The van der Waals surface area contributed by atoms with Crippen LogP contribution in [0.25, 0.3) is 21.1 Å². The molecule has 2 aromatic carbocycles. The van der Waals surface area contributed by atoms with Crippen LogP contribution in [0, 0.1) is 0 Å². The number of nitrogens with zero attached hydrogens (tertiary/aromatic N) is 2. The molecule has 2 aromatic heterocycles. The van der Waals surface area contributed by atoms with Gasteiger partial charge in [0.15, 0.2) is 16.6 Å². The van der Waals surface area contributed by atoms with Gasteiger partial charge in [-0.2, -0.15) is 0 Å². The van der Waals surface area contributed by atoms with Crippen LogP contribution in [0.4, 0.5) is 5.13 Å². The van der Waals surface area contributed by atoms with Gasteiger partial charge in [-0.3, -0.25) is 19.1 Å². The lowest BCUT2D eigenvalue weighted by Crippen LogP contribution is -2.31. The fraction of sp³-hybridized carbons (Fsp3) is 0.200. The summed E-state index contributed by atoms with van der Waals surface area (Å²) in [6.45, 7) is 1.12. The van der Waals surface area contributed by atoms with Crippen LogP contribution in [-0.2, 0) is 11.3 Å². The molecule has 0 unspecified atom stereocenters. The van der Waals surface area contributed by atoms with Gasteiger partial charge < -0.3 is 14.8 Å². The number of anilines is 1. The van der Waals surface area contributed by atoms with E-state index in [-0.39, 0.29) is 18.9 Å². The van der Waals surface area contributed by atoms with E-state index in [1.165, 1.54) is 15.9 Å². The largest absolute Gasteiger partial charge is 0.486 e. The number of aromatic amines is 1. The summed E-state index contributed by atoms with van der Waals surface area (Å²) in [7, 11) is 0. The minimum absolute atomic E-state index is 0.0502.